The van der Waals surface area contributed by atoms with Gasteiger partial charge in [-0.2, -0.15) is 0 Å². The van der Waals surface area contributed by atoms with Gasteiger partial charge in [0.2, 0.25) is 5.91 Å². The Labute approximate surface area is 171 Å². The van der Waals surface area contributed by atoms with Gasteiger partial charge in [-0.25, -0.2) is 0 Å². The smallest absolute Gasteiger partial charge is 0.224 e. The molecule has 0 unspecified atom stereocenters. The predicted octanol–water partition coefficient (Wildman–Crippen LogP) is 3.48. The molecular weight excluding hydrogens is 370 g/mol. The second-order valence-electron chi connectivity index (χ2n) is 7.17. The Balaban J connectivity index is 1.72. The van der Waals surface area contributed by atoms with Crippen LogP contribution in [-0.4, -0.2) is 31.5 Å². The molecule has 6 heteroatoms. The first-order chi connectivity index (χ1) is 13.9. The SMILES string of the molecule is CCOc1cc2c(cc1CNC(=O)Cc1cc(C(C)=O)ccc1OC)O[C@@H](C)C2. The maximum absolute atomic E-state index is 12.6. The molecule has 0 aliphatic carbocycles. The van der Waals surface area contributed by atoms with Gasteiger partial charge in [-0.05, 0) is 51.1 Å². The van der Waals surface area contributed by atoms with E-state index >= 15 is 0 Å². The molecule has 0 spiro atoms. The van der Waals surface area contributed by atoms with E-state index in [4.69, 9.17) is 14.2 Å². The van der Waals surface area contributed by atoms with Gasteiger partial charge >= 0.3 is 0 Å². The normalized spacial score (nSPS) is 14.7. The number of carbonyl (C=O) groups is 2. The number of hydrogen-bond acceptors (Lipinski definition) is 5. The molecule has 1 N–H and O–H groups in total. The van der Waals surface area contributed by atoms with Gasteiger partial charge in [0.05, 0.1) is 20.1 Å². The van der Waals surface area contributed by atoms with Crippen molar-refractivity contribution in [3.8, 4) is 17.2 Å². The summed E-state index contributed by atoms with van der Waals surface area (Å²) in [6, 6.07) is 9.06. The first kappa shape index (κ1) is 20.7. The largest absolute Gasteiger partial charge is 0.496 e. The van der Waals surface area contributed by atoms with Crippen molar-refractivity contribution >= 4 is 11.7 Å². The highest BCUT2D eigenvalue weighted by Gasteiger charge is 2.22. The molecule has 0 radical (unpaired) electrons. The van der Waals surface area contributed by atoms with E-state index in [1.165, 1.54) is 6.92 Å². The highest BCUT2D eigenvalue weighted by Crippen LogP contribution is 2.35. The number of nitrogens with one attached hydrogen (secondary N) is 1. The van der Waals surface area contributed by atoms with Crippen LogP contribution in [0.2, 0.25) is 0 Å². The second kappa shape index (κ2) is 8.99. The molecule has 0 bridgehead atoms. The molecule has 1 aliphatic heterocycles. The van der Waals surface area contributed by atoms with Gasteiger partial charge in [-0.1, -0.05) is 0 Å². The number of Topliss-reactive ketones (excluding diaryl/α,β-unsaturated/α-hetero) is 1. The van der Waals surface area contributed by atoms with Gasteiger partial charge in [0.15, 0.2) is 5.78 Å². The monoisotopic (exact) mass is 397 g/mol. The summed E-state index contributed by atoms with van der Waals surface area (Å²) in [5.41, 5.74) is 3.23. The van der Waals surface area contributed by atoms with Gasteiger partial charge in [-0.15, -0.1) is 0 Å². The Bertz CT molecular complexity index is 922. The lowest BCUT2D eigenvalue weighted by Crippen LogP contribution is -2.25. The lowest BCUT2D eigenvalue weighted by Gasteiger charge is -2.14. The minimum Gasteiger partial charge on any atom is -0.496 e. The Morgan fingerprint density at radius 2 is 1.97 bits per heavy atom. The predicted molar refractivity (Wildman–Crippen MR) is 110 cm³/mol. The molecule has 3 rings (SSSR count). The number of fused-ring (bicyclic) bond motifs is 1. The first-order valence-corrected chi connectivity index (χ1v) is 9.81. The fraction of sp³-hybridized carbons (Fsp3) is 0.391. The molecule has 1 amide bonds. The summed E-state index contributed by atoms with van der Waals surface area (Å²) in [7, 11) is 1.55. The number of amides is 1. The molecule has 154 valence electrons. The van der Waals surface area contributed by atoms with E-state index in [0.29, 0.717) is 30.0 Å². The molecule has 0 saturated carbocycles. The third-order valence-electron chi connectivity index (χ3n) is 4.89. The van der Waals surface area contributed by atoms with E-state index in [1.54, 1.807) is 25.3 Å². The third-order valence-corrected chi connectivity index (χ3v) is 4.89. The van der Waals surface area contributed by atoms with Crippen LogP contribution in [0.25, 0.3) is 0 Å². The van der Waals surface area contributed by atoms with Crippen molar-refractivity contribution in [3.05, 3.63) is 52.6 Å². The molecule has 29 heavy (non-hydrogen) atoms. The van der Waals surface area contributed by atoms with Crippen molar-refractivity contribution in [2.75, 3.05) is 13.7 Å². The fourth-order valence-corrected chi connectivity index (χ4v) is 3.47. The van der Waals surface area contributed by atoms with Gasteiger partial charge < -0.3 is 19.5 Å². The van der Waals surface area contributed by atoms with Crippen LogP contribution in [-0.2, 0) is 24.2 Å². The lowest BCUT2D eigenvalue weighted by molar-refractivity contribution is -0.120. The summed E-state index contributed by atoms with van der Waals surface area (Å²) in [6.45, 7) is 6.34. The third kappa shape index (κ3) is 4.88. The van der Waals surface area contributed by atoms with Crippen LogP contribution in [0.4, 0.5) is 0 Å². The van der Waals surface area contributed by atoms with Crippen molar-refractivity contribution < 1.29 is 23.8 Å². The molecule has 0 fully saturated rings. The summed E-state index contributed by atoms with van der Waals surface area (Å²) in [4.78, 5) is 24.2. The Kier molecular flexibility index (Phi) is 6.42. The van der Waals surface area contributed by atoms with Gasteiger partial charge in [-0.3, -0.25) is 9.59 Å². The number of benzene rings is 2. The zero-order chi connectivity index (χ0) is 21.0. The minimum absolute atomic E-state index is 0.0527. The van der Waals surface area contributed by atoms with E-state index in [0.717, 1.165) is 29.0 Å². The topological polar surface area (TPSA) is 73.9 Å². The van der Waals surface area contributed by atoms with Crippen LogP contribution in [0.3, 0.4) is 0 Å². The van der Waals surface area contributed by atoms with E-state index in [2.05, 4.69) is 5.32 Å². The molecule has 1 aliphatic rings. The number of ether oxygens (including phenoxy) is 3. The van der Waals surface area contributed by atoms with Gasteiger partial charge in [0.1, 0.15) is 23.4 Å². The van der Waals surface area contributed by atoms with E-state index in [-0.39, 0.29) is 24.2 Å². The van der Waals surface area contributed by atoms with Crippen LogP contribution in [0.5, 0.6) is 17.2 Å². The molecule has 1 heterocycles. The zero-order valence-corrected chi connectivity index (χ0v) is 17.3. The number of rotatable bonds is 8. The van der Waals surface area contributed by atoms with Crippen LogP contribution in [0.15, 0.2) is 30.3 Å². The quantitative estimate of drug-likeness (QED) is 0.691. The van der Waals surface area contributed by atoms with E-state index in [9.17, 15) is 9.59 Å². The Hall–Kier alpha value is -3.02. The first-order valence-electron chi connectivity index (χ1n) is 9.81. The van der Waals surface area contributed by atoms with Crippen LogP contribution >= 0.6 is 0 Å². The highest BCUT2D eigenvalue weighted by atomic mass is 16.5. The summed E-state index contributed by atoms with van der Waals surface area (Å²) >= 11 is 0. The van der Waals surface area contributed by atoms with Crippen molar-refractivity contribution in [1.29, 1.82) is 0 Å². The Morgan fingerprint density at radius 1 is 1.17 bits per heavy atom. The maximum atomic E-state index is 12.6. The number of hydrogen-bond donors (Lipinski definition) is 1. The molecule has 1 atom stereocenters. The standard InChI is InChI=1S/C23H27NO5/c1-5-28-21-10-17-8-14(2)29-22(17)11-19(21)13-24-23(26)12-18-9-16(15(3)25)6-7-20(18)27-4/h6-7,9-11,14H,5,8,12-13H2,1-4H3,(H,24,26)/t14-/m0/s1. The number of ketones is 1. The lowest BCUT2D eigenvalue weighted by atomic mass is 10.0. The number of methoxy groups -OCH3 is 1. The molecule has 2 aromatic rings. The van der Waals surface area contributed by atoms with Crippen molar-refractivity contribution in [3.63, 3.8) is 0 Å². The molecule has 2 aromatic carbocycles. The van der Waals surface area contributed by atoms with Crippen LogP contribution < -0.4 is 19.5 Å². The van der Waals surface area contributed by atoms with E-state index < -0.39 is 0 Å². The van der Waals surface area contributed by atoms with Gasteiger partial charge in [0.25, 0.3) is 0 Å². The molecular formula is C23H27NO5. The molecule has 6 nitrogen and oxygen atoms in total. The minimum atomic E-state index is -0.166. The van der Waals surface area contributed by atoms with Gasteiger partial charge in [0, 0.05) is 35.2 Å². The van der Waals surface area contributed by atoms with Crippen molar-refractivity contribution in [2.24, 2.45) is 0 Å². The highest BCUT2D eigenvalue weighted by molar-refractivity contribution is 5.94. The average molecular weight is 397 g/mol. The zero-order valence-electron chi connectivity index (χ0n) is 17.3. The molecule has 0 saturated heterocycles. The number of carbonyl (C=O) groups excluding carboxylic acids is 2. The maximum Gasteiger partial charge on any atom is 0.224 e. The second-order valence-corrected chi connectivity index (χ2v) is 7.17. The summed E-state index contributed by atoms with van der Waals surface area (Å²) in [5.74, 6) is 1.98. The Morgan fingerprint density at radius 3 is 2.66 bits per heavy atom. The van der Waals surface area contributed by atoms with Crippen LogP contribution in [0, 0.1) is 0 Å². The summed E-state index contributed by atoms with van der Waals surface area (Å²) < 4.78 is 16.9. The fourth-order valence-electron chi connectivity index (χ4n) is 3.47. The van der Waals surface area contributed by atoms with Crippen molar-refractivity contribution in [1.82, 2.24) is 5.32 Å². The molecule has 0 aromatic heterocycles. The van der Waals surface area contributed by atoms with Crippen molar-refractivity contribution in [2.45, 2.75) is 46.3 Å². The average Bonchev–Trinajstić information content (AvgIpc) is 3.05. The van der Waals surface area contributed by atoms with Crippen LogP contribution in [0.1, 0.15) is 47.8 Å². The summed E-state index contributed by atoms with van der Waals surface area (Å²) in [6.07, 6.45) is 1.12. The van der Waals surface area contributed by atoms with E-state index in [1.807, 2.05) is 26.0 Å². The summed E-state index contributed by atoms with van der Waals surface area (Å²) in [5, 5.41) is 2.93.